The van der Waals surface area contributed by atoms with Gasteiger partial charge >= 0.3 is 11.7 Å². The van der Waals surface area contributed by atoms with Gasteiger partial charge in [0.1, 0.15) is 18.2 Å². The summed E-state index contributed by atoms with van der Waals surface area (Å²) in [5.74, 6) is 0.373. The molecule has 2 aliphatic heterocycles. The Morgan fingerprint density at radius 1 is 0.974 bits per heavy atom. The summed E-state index contributed by atoms with van der Waals surface area (Å²) < 4.78 is 8.70. The summed E-state index contributed by atoms with van der Waals surface area (Å²) in [6, 6.07) is 14.6. The lowest BCUT2D eigenvalue weighted by atomic mass is 9.92. The Morgan fingerprint density at radius 3 is 2.61 bits per heavy atom. The number of ether oxygens (including phenoxy) is 1. The highest BCUT2D eigenvalue weighted by molar-refractivity contribution is 5.92. The van der Waals surface area contributed by atoms with Crippen molar-refractivity contribution in [2.45, 2.75) is 19.4 Å². The van der Waals surface area contributed by atoms with Crippen LogP contribution in [0.5, 0.6) is 5.75 Å². The van der Waals surface area contributed by atoms with Crippen LogP contribution in [0, 0.1) is 0 Å². The number of hydrogen-bond donors (Lipinski definition) is 1. The molecule has 0 aliphatic carbocycles. The van der Waals surface area contributed by atoms with Crippen LogP contribution in [0.2, 0.25) is 0 Å². The Kier molecular flexibility index (Phi) is 7.20. The number of hydrogen-bond acceptors (Lipinski definition) is 6. The van der Waals surface area contributed by atoms with Crippen LogP contribution in [0.1, 0.15) is 39.9 Å². The molecule has 1 fully saturated rings. The molecular formula is C29H32N4O5. The molecule has 0 atom stereocenters. The van der Waals surface area contributed by atoms with Gasteiger partial charge in [0.25, 0.3) is 5.56 Å². The third kappa shape index (κ3) is 5.02. The normalized spacial score (nSPS) is 16.8. The largest absolute Gasteiger partial charge is 0.488 e. The first kappa shape index (κ1) is 25.5. The van der Waals surface area contributed by atoms with Crippen molar-refractivity contribution >= 4 is 17.4 Å². The SMILES string of the molecule is Cn1c(N2CCCN(CC/C=C3/c4ccccc4COc4ccc(C(=O)O)cc43)CC2)cc(=O)n(C)c1=O. The van der Waals surface area contributed by atoms with Crippen molar-refractivity contribution in [1.82, 2.24) is 14.0 Å². The second kappa shape index (κ2) is 10.7. The van der Waals surface area contributed by atoms with E-state index in [4.69, 9.17) is 4.74 Å². The van der Waals surface area contributed by atoms with Gasteiger partial charge in [-0.25, -0.2) is 9.59 Å². The highest BCUT2D eigenvalue weighted by Gasteiger charge is 2.22. The van der Waals surface area contributed by atoms with Gasteiger partial charge in [-0.2, -0.15) is 0 Å². The summed E-state index contributed by atoms with van der Waals surface area (Å²) in [4.78, 5) is 40.8. The maximum Gasteiger partial charge on any atom is 0.335 e. The molecule has 9 nitrogen and oxygen atoms in total. The van der Waals surface area contributed by atoms with Crippen molar-refractivity contribution in [3.63, 3.8) is 0 Å². The van der Waals surface area contributed by atoms with Crippen LogP contribution in [-0.2, 0) is 20.7 Å². The predicted molar refractivity (Wildman–Crippen MR) is 146 cm³/mol. The highest BCUT2D eigenvalue weighted by atomic mass is 16.5. The Morgan fingerprint density at radius 2 is 1.79 bits per heavy atom. The van der Waals surface area contributed by atoms with Gasteiger partial charge in [0.2, 0.25) is 0 Å². The summed E-state index contributed by atoms with van der Waals surface area (Å²) in [5, 5.41) is 9.57. The summed E-state index contributed by atoms with van der Waals surface area (Å²) in [6.45, 7) is 4.49. The van der Waals surface area contributed by atoms with Crippen molar-refractivity contribution in [3.05, 3.63) is 97.7 Å². The standard InChI is InChI=1S/C29H32N4O5/c1-30-26(18-27(34)31(2)29(30)37)33-14-6-13-32(15-16-33)12-5-9-23-22-8-4-3-7-21(22)19-38-25-11-10-20(28(35)36)17-24(23)25/h3-4,7-11,17-18H,5-6,12-16,19H2,1-2H3,(H,35,36)/b23-9-. The van der Waals surface area contributed by atoms with Gasteiger partial charge in [-0.15, -0.1) is 0 Å². The second-order valence-corrected chi connectivity index (χ2v) is 9.79. The van der Waals surface area contributed by atoms with Crippen LogP contribution in [0.15, 0.2) is 64.2 Å². The molecule has 5 rings (SSSR count). The highest BCUT2D eigenvalue weighted by Crippen LogP contribution is 2.37. The molecule has 1 aromatic heterocycles. The van der Waals surface area contributed by atoms with Crippen LogP contribution in [0.25, 0.3) is 5.57 Å². The fraction of sp³-hybridized carbons (Fsp3) is 0.345. The lowest BCUT2D eigenvalue weighted by Crippen LogP contribution is -2.41. The molecule has 3 heterocycles. The van der Waals surface area contributed by atoms with E-state index in [1.54, 1.807) is 25.2 Å². The smallest absolute Gasteiger partial charge is 0.335 e. The average Bonchev–Trinajstić information content (AvgIpc) is 3.24. The number of carboxylic acid groups (broad SMARTS) is 1. The number of carbonyl (C=O) groups is 1. The number of anilines is 1. The quantitative estimate of drug-likeness (QED) is 0.557. The average molecular weight is 517 g/mol. The molecule has 0 unspecified atom stereocenters. The van der Waals surface area contributed by atoms with Crippen molar-refractivity contribution < 1.29 is 14.6 Å². The number of benzene rings is 2. The number of aromatic carboxylic acids is 1. The Bertz CT molecular complexity index is 1520. The molecule has 3 aromatic rings. The van der Waals surface area contributed by atoms with E-state index in [0.717, 1.165) is 72.4 Å². The minimum atomic E-state index is -0.965. The molecule has 1 N–H and O–H groups in total. The molecular weight excluding hydrogens is 484 g/mol. The predicted octanol–water partition coefficient (Wildman–Crippen LogP) is 2.71. The second-order valence-electron chi connectivity index (χ2n) is 9.79. The summed E-state index contributed by atoms with van der Waals surface area (Å²) in [5.41, 5.74) is 3.52. The van der Waals surface area contributed by atoms with Crippen LogP contribution < -0.4 is 20.9 Å². The van der Waals surface area contributed by atoms with Crippen molar-refractivity contribution in [2.24, 2.45) is 14.1 Å². The van der Waals surface area contributed by atoms with E-state index < -0.39 is 5.97 Å². The van der Waals surface area contributed by atoms with E-state index in [2.05, 4.69) is 21.9 Å². The molecule has 0 spiro atoms. The lowest BCUT2D eigenvalue weighted by Gasteiger charge is -2.25. The molecule has 1 saturated heterocycles. The Balaban J connectivity index is 1.35. The van der Waals surface area contributed by atoms with E-state index in [1.807, 2.05) is 18.2 Å². The fourth-order valence-corrected chi connectivity index (χ4v) is 5.27. The van der Waals surface area contributed by atoms with E-state index in [0.29, 0.717) is 18.2 Å². The van der Waals surface area contributed by atoms with Crippen LogP contribution in [-0.4, -0.2) is 57.8 Å². The first-order valence-electron chi connectivity index (χ1n) is 12.9. The topological polar surface area (TPSA) is 97.0 Å². The van der Waals surface area contributed by atoms with Gasteiger partial charge in [-0.1, -0.05) is 30.3 Å². The number of nitrogens with zero attached hydrogens (tertiary/aromatic N) is 4. The van der Waals surface area contributed by atoms with Gasteiger partial charge in [0.15, 0.2) is 0 Å². The maximum absolute atomic E-state index is 12.4. The van der Waals surface area contributed by atoms with Gasteiger partial charge in [-0.05, 0) is 54.3 Å². The van der Waals surface area contributed by atoms with Crippen molar-refractivity contribution in [1.29, 1.82) is 0 Å². The van der Waals surface area contributed by atoms with Gasteiger partial charge in [0, 0.05) is 51.9 Å². The molecule has 0 amide bonds. The molecule has 0 radical (unpaired) electrons. The first-order valence-corrected chi connectivity index (χ1v) is 12.9. The fourth-order valence-electron chi connectivity index (χ4n) is 5.27. The third-order valence-electron chi connectivity index (χ3n) is 7.41. The Labute approximate surface area is 220 Å². The van der Waals surface area contributed by atoms with Crippen molar-refractivity contribution in [2.75, 3.05) is 37.6 Å². The van der Waals surface area contributed by atoms with Crippen LogP contribution in [0.3, 0.4) is 0 Å². The van der Waals surface area contributed by atoms with E-state index in [1.165, 1.54) is 17.7 Å². The van der Waals surface area contributed by atoms with Crippen molar-refractivity contribution in [3.8, 4) is 5.75 Å². The molecule has 0 saturated carbocycles. The maximum atomic E-state index is 12.4. The third-order valence-corrected chi connectivity index (χ3v) is 7.41. The minimum absolute atomic E-state index is 0.232. The zero-order chi connectivity index (χ0) is 26.8. The summed E-state index contributed by atoms with van der Waals surface area (Å²) in [7, 11) is 3.20. The zero-order valence-electron chi connectivity index (χ0n) is 21.7. The zero-order valence-corrected chi connectivity index (χ0v) is 21.7. The molecule has 198 valence electrons. The Hall–Kier alpha value is -4.11. The summed E-state index contributed by atoms with van der Waals surface area (Å²) in [6.07, 6.45) is 3.89. The van der Waals surface area contributed by atoms with Gasteiger partial charge < -0.3 is 19.6 Å². The van der Waals surface area contributed by atoms with E-state index in [9.17, 15) is 19.5 Å². The first-order chi connectivity index (χ1) is 18.3. The van der Waals surface area contributed by atoms with Gasteiger partial charge in [0.05, 0.1) is 5.56 Å². The van der Waals surface area contributed by atoms with Crippen LogP contribution in [0.4, 0.5) is 5.82 Å². The minimum Gasteiger partial charge on any atom is -0.488 e. The number of carboxylic acids is 1. The molecule has 38 heavy (non-hydrogen) atoms. The monoisotopic (exact) mass is 516 g/mol. The van der Waals surface area contributed by atoms with Gasteiger partial charge in [-0.3, -0.25) is 13.9 Å². The van der Waals surface area contributed by atoms with Crippen LogP contribution >= 0.6 is 0 Å². The molecule has 9 heteroatoms. The number of fused-ring (bicyclic) bond motifs is 2. The van der Waals surface area contributed by atoms with E-state index in [-0.39, 0.29) is 16.8 Å². The summed E-state index contributed by atoms with van der Waals surface area (Å²) >= 11 is 0. The van der Waals surface area contributed by atoms with E-state index >= 15 is 0 Å². The molecule has 0 bridgehead atoms. The number of aromatic nitrogens is 2. The lowest BCUT2D eigenvalue weighted by molar-refractivity contribution is 0.0697. The molecule has 2 aromatic carbocycles. The number of rotatable bonds is 5. The molecule has 2 aliphatic rings.